The third-order valence-electron chi connectivity index (χ3n) is 2.72. The molecule has 1 aromatic heterocycles. The summed E-state index contributed by atoms with van der Waals surface area (Å²) in [6.45, 7) is 1.94. The first-order valence-corrected chi connectivity index (χ1v) is 6.11. The number of aliphatic hydroxyl groups excluding tert-OH is 1. The molecule has 0 amide bonds. The number of aromatic nitrogens is 2. The summed E-state index contributed by atoms with van der Waals surface area (Å²) >= 11 is 0. The van der Waals surface area contributed by atoms with Crippen LogP contribution >= 0.6 is 0 Å². The van der Waals surface area contributed by atoms with E-state index >= 15 is 0 Å². The first-order chi connectivity index (χ1) is 9.56. The van der Waals surface area contributed by atoms with Crippen LogP contribution in [0, 0.1) is 17.0 Å². The van der Waals surface area contributed by atoms with Gasteiger partial charge in [0.25, 0.3) is 0 Å². The monoisotopic (exact) mass is 277 g/mol. The lowest BCUT2D eigenvalue weighted by atomic mass is 10.3. The Labute approximate surface area is 115 Å². The van der Waals surface area contributed by atoms with Crippen molar-refractivity contribution in [2.45, 2.75) is 19.6 Å². The number of nitro groups is 1. The number of ether oxygens (including phenoxy) is 1. The zero-order valence-corrected chi connectivity index (χ0v) is 11.0. The van der Waals surface area contributed by atoms with Crippen LogP contribution in [0.15, 0.2) is 36.4 Å². The second-order valence-electron chi connectivity index (χ2n) is 4.36. The van der Waals surface area contributed by atoms with Crippen LogP contribution in [0.5, 0.6) is 5.75 Å². The third kappa shape index (κ3) is 3.55. The van der Waals surface area contributed by atoms with E-state index in [0.717, 1.165) is 0 Å². The van der Waals surface area contributed by atoms with Gasteiger partial charge < -0.3 is 20.0 Å². The molecule has 0 saturated carbocycles. The smallest absolute Gasteiger partial charge is 0.390 e. The second-order valence-corrected chi connectivity index (χ2v) is 4.36. The summed E-state index contributed by atoms with van der Waals surface area (Å²) in [7, 11) is 0. The summed E-state index contributed by atoms with van der Waals surface area (Å²) in [4.78, 5) is 10.0. The highest BCUT2D eigenvalue weighted by Gasteiger charge is 2.18. The highest BCUT2D eigenvalue weighted by Crippen LogP contribution is 2.12. The molecule has 0 radical (unpaired) electrons. The van der Waals surface area contributed by atoms with Gasteiger partial charge in [0.15, 0.2) is 0 Å². The summed E-state index contributed by atoms with van der Waals surface area (Å²) in [5, 5.41) is 24.3. The van der Waals surface area contributed by atoms with E-state index < -0.39 is 11.0 Å². The molecular formula is C13H15N3O4. The van der Waals surface area contributed by atoms with Crippen molar-refractivity contribution in [1.82, 2.24) is 9.78 Å². The molecule has 0 saturated heterocycles. The van der Waals surface area contributed by atoms with Gasteiger partial charge in [0, 0.05) is 0 Å². The van der Waals surface area contributed by atoms with Gasteiger partial charge >= 0.3 is 5.82 Å². The standard InChI is InChI=1S/C13H15N3O4/c1-10-7-13(16(18)19)14-15(10)8-11(17)9-20-12-5-3-2-4-6-12/h2-7,11,17H,8-9H2,1H3/t11-/m0/s1. The maximum atomic E-state index is 10.6. The Morgan fingerprint density at radius 2 is 2.15 bits per heavy atom. The molecule has 2 rings (SSSR count). The van der Waals surface area contributed by atoms with Crippen LogP contribution in [0.4, 0.5) is 5.82 Å². The lowest BCUT2D eigenvalue weighted by molar-refractivity contribution is -0.389. The van der Waals surface area contributed by atoms with Gasteiger partial charge in [0.05, 0.1) is 23.4 Å². The molecule has 1 heterocycles. The van der Waals surface area contributed by atoms with Crippen molar-refractivity contribution in [3.05, 3.63) is 52.2 Å². The van der Waals surface area contributed by atoms with Crippen LogP contribution < -0.4 is 4.74 Å². The van der Waals surface area contributed by atoms with Gasteiger partial charge in [-0.3, -0.25) is 0 Å². The predicted octanol–water partition coefficient (Wildman–Crippen LogP) is 1.54. The van der Waals surface area contributed by atoms with Crippen molar-refractivity contribution < 1.29 is 14.8 Å². The number of para-hydroxylation sites is 1. The summed E-state index contributed by atoms with van der Waals surface area (Å²) in [5.41, 5.74) is 0.621. The number of hydrogen-bond donors (Lipinski definition) is 1. The van der Waals surface area contributed by atoms with Crippen molar-refractivity contribution in [3.63, 3.8) is 0 Å². The van der Waals surface area contributed by atoms with Gasteiger partial charge in [-0.25, -0.2) is 0 Å². The van der Waals surface area contributed by atoms with Gasteiger partial charge in [0.2, 0.25) is 0 Å². The molecule has 1 aromatic carbocycles. The summed E-state index contributed by atoms with van der Waals surface area (Å²) in [6.07, 6.45) is -0.798. The van der Waals surface area contributed by atoms with E-state index in [1.165, 1.54) is 10.7 Å². The highest BCUT2D eigenvalue weighted by atomic mass is 16.6. The molecule has 1 N–H and O–H groups in total. The number of rotatable bonds is 6. The molecule has 106 valence electrons. The molecule has 0 spiro atoms. The third-order valence-corrected chi connectivity index (χ3v) is 2.72. The molecule has 7 heteroatoms. The minimum Gasteiger partial charge on any atom is -0.491 e. The van der Waals surface area contributed by atoms with E-state index in [1.807, 2.05) is 18.2 Å². The van der Waals surface area contributed by atoms with Crippen LogP contribution in [0.3, 0.4) is 0 Å². The zero-order valence-electron chi connectivity index (χ0n) is 11.0. The fourth-order valence-electron chi connectivity index (χ4n) is 1.73. The first kappa shape index (κ1) is 14.0. The average molecular weight is 277 g/mol. The molecule has 7 nitrogen and oxygen atoms in total. The Hall–Kier alpha value is -2.41. The highest BCUT2D eigenvalue weighted by molar-refractivity contribution is 5.21. The van der Waals surface area contributed by atoms with E-state index in [1.54, 1.807) is 19.1 Å². The lowest BCUT2D eigenvalue weighted by Crippen LogP contribution is -2.24. The Balaban J connectivity index is 1.91. The number of benzene rings is 1. The van der Waals surface area contributed by atoms with Crippen molar-refractivity contribution >= 4 is 5.82 Å². The second kappa shape index (κ2) is 6.16. The van der Waals surface area contributed by atoms with Crippen molar-refractivity contribution in [3.8, 4) is 5.75 Å². The summed E-state index contributed by atoms with van der Waals surface area (Å²) < 4.78 is 6.81. The zero-order chi connectivity index (χ0) is 14.5. The maximum Gasteiger partial charge on any atom is 0.390 e. The van der Waals surface area contributed by atoms with E-state index in [-0.39, 0.29) is 19.0 Å². The molecule has 0 bridgehead atoms. The quantitative estimate of drug-likeness (QED) is 0.639. The van der Waals surface area contributed by atoms with E-state index in [4.69, 9.17) is 4.74 Å². The normalized spacial score (nSPS) is 12.1. The maximum absolute atomic E-state index is 10.6. The van der Waals surface area contributed by atoms with E-state index in [2.05, 4.69) is 5.10 Å². The first-order valence-electron chi connectivity index (χ1n) is 6.11. The number of hydrogen-bond acceptors (Lipinski definition) is 5. The van der Waals surface area contributed by atoms with Gasteiger partial charge in [-0.05, 0) is 24.0 Å². The van der Waals surface area contributed by atoms with Crippen LogP contribution in [0.1, 0.15) is 5.69 Å². The van der Waals surface area contributed by atoms with Gasteiger partial charge in [-0.15, -0.1) is 0 Å². The lowest BCUT2D eigenvalue weighted by Gasteiger charge is -2.11. The average Bonchev–Trinajstić information content (AvgIpc) is 2.79. The Morgan fingerprint density at radius 3 is 2.75 bits per heavy atom. The SMILES string of the molecule is Cc1cc([N+](=O)[O-])nn1C[C@H](O)COc1ccccc1. The molecule has 20 heavy (non-hydrogen) atoms. The predicted molar refractivity (Wildman–Crippen MR) is 71.6 cm³/mol. The fourth-order valence-corrected chi connectivity index (χ4v) is 1.73. The number of aliphatic hydroxyl groups is 1. The topological polar surface area (TPSA) is 90.4 Å². The molecule has 0 aliphatic heterocycles. The molecule has 2 aromatic rings. The fraction of sp³-hybridized carbons (Fsp3) is 0.308. The van der Waals surface area contributed by atoms with Crippen molar-refractivity contribution in [2.75, 3.05) is 6.61 Å². The van der Waals surface area contributed by atoms with E-state index in [9.17, 15) is 15.2 Å². The summed E-state index contributed by atoms with van der Waals surface area (Å²) in [5.74, 6) is 0.438. The Morgan fingerprint density at radius 1 is 1.45 bits per heavy atom. The molecule has 0 fully saturated rings. The molecule has 0 aliphatic carbocycles. The van der Waals surface area contributed by atoms with Gasteiger partial charge in [-0.1, -0.05) is 18.2 Å². The van der Waals surface area contributed by atoms with Crippen molar-refractivity contribution in [1.29, 1.82) is 0 Å². The molecule has 0 unspecified atom stereocenters. The Kier molecular flexibility index (Phi) is 4.31. The van der Waals surface area contributed by atoms with Crippen molar-refractivity contribution in [2.24, 2.45) is 0 Å². The minimum atomic E-state index is -0.798. The van der Waals surface area contributed by atoms with Crippen LogP contribution in [0.25, 0.3) is 0 Å². The van der Waals surface area contributed by atoms with Crippen LogP contribution in [-0.4, -0.2) is 32.5 Å². The molecule has 1 atom stereocenters. The molecule has 0 aliphatic rings. The largest absolute Gasteiger partial charge is 0.491 e. The van der Waals surface area contributed by atoms with E-state index in [0.29, 0.717) is 11.4 Å². The van der Waals surface area contributed by atoms with Gasteiger partial charge in [0.1, 0.15) is 18.5 Å². The van der Waals surface area contributed by atoms with Crippen LogP contribution in [-0.2, 0) is 6.54 Å². The molecular weight excluding hydrogens is 262 g/mol. The number of nitrogens with zero attached hydrogens (tertiary/aromatic N) is 3. The Bertz CT molecular complexity index is 583. The van der Waals surface area contributed by atoms with Crippen LogP contribution in [0.2, 0.25) is 0 Å². The summed E-state index contributed by atoms with van der Waals surface area (Å²) in [6, 6.07) is 10.5. The minimum absolute atomic E-state index is 0.0944. The van der Waals surface area contributed by atoms with Gasteiger partial charge in [-0.2, -0.15) is 4.68 Å². The number of aryl methyl sites for hydroxylation is 1.